The molecule has 0 bridgehead atoms. The summed E-state index contributed by atoms with van der Waals surface area (Å²) in [5, 5.41) is 4.18. The van der Waals surface area contributed by atoms with Gasteiger partial charge in [0.05, 0.1) is 11.1 Å². The Kier molecular flexibility index (Phi) is 1.90. The monoisotopic (exact) mass is 321 g/mol. The maximum Gasteiger partial charge on any atom is 0.398 e. The number of rotatable bonds is 1. The summed E-state index contributed by atoms with van der Waals surface area (Å²) in [6.07, 6.45) is 0. The van der Waals surface area contributed by atoms with E-state index >= 15 is 0 Å². The lowest BCUT2D eigenvalue weighted by Gasteiger charge is -1.99. The number of benzene rings is 3. The zero-order chi connectivity index (χ0) is 16.1. The van der Waals surface area contributed by atoms with Crippen molar-refractivity contribution in [1.82, 2.24) is 4.52 Å². The molecule has 0 atom stereocenters. The van der Waals surface area contributed by atoms with Crippen molar-refractivity contribution in [3.63, 3.8) is 0 Å². The summed E-state index contributed by atoms with van der Waals surface area (Å²) in [6, 6.07) is 24.3. The van der Waals surface area contributed by atoms with Crippen LogP contribution in [0, 0.1) is 0 Å². The fourth-order valence-corrected chi connectivity index (χ4v) is 4.96. The standard InChI is InChI=1S/C22H15N3/c1-2-6-14(7-3-1)21-23-12-15-8-4-10-17-18-11-5-9-16-13-24(21)25(20(16)18)22(23)19(15)17/h1-11H,12-13H2/q+2. The van der Waals surface area contributed by atoms with Gasteiger partial charge in [0.2, 0.25) is 5.52 Å². The maximum absolute atomic E-state index is 2.50. The van der Waals surface area contributed by atoms with Gasteiger partial charge in [0.1, 0.15) is 11.9 Å². The summed E-state index contributed by atoms with van der Waals surface area (Å²) in [7, 11) is 0. The van der Waals surface area contributed by atoms with Gasteiger partial charge in [-0.05, 0) is 28.9 Å². The summed E-state index contributed by atoms with van der Waals surface area (Å²) in [5.74, 6) is 1.31. The Balaban J connectivity index is 1.82. The van der Waals surface area contributed by atoms with Gasteiger partial charge in [0.25, 0.3) is 0 Å². The van der Waals surface area contributed by atoms with Gasteiger partial charge < -0.3 is 0 Å². The van der Waals surface area contributed by atoms with Gasteiger partial charge in [-0.15, -0.1) is 4.57 Å². The third kappa shape index (κ3) is 1.25. The quantitative estimate of drug-likeness (QED) is 0.325. The molecular formula is C22H15N3+2. The molecule has 4 heterocycles. The Morgan fingerprint density at radius 1 is 0.720 bits per heavy atom. The first-order chi connectivity index (χ1) is 12.4. The number of hydrogen-bond donors (Lipinski definition) is 0. The molecule has 0 N–H and O–H groups in total. The van der Waals surface area contributed by atoms with Crippen LogP contribution < -0.4 is 9.25 Å². The molecule has 2 aliphatic rings. The summed E-state index contributed by atoms with van der Waals surface area (Å²) in [6.45, 7) is 1.90. The van der Waals surface area contributed by atoms with Gasteiger partial charge in [-0.3, -0.25) is 0 Å². The minimum Gasteiger partial charge on any atom is -0.141 e. The third-order valence-corrected chi connectivity index (χ3v) is 5.87. The molecule has 0 radical (unpaired) electrons. The molecule has 3 nitrogen and oxygen atoms in total. The molecule has 3 aromatic carbocycles. The van der Waals surface area contributed by atoms with E-state index in [9.17, 15) is 0 Å². The van der Waals surface area contributed by atoms with Crippen LogP contribution in [-0.2, 0) is 13.1 Å². The molecule has 0 aliphatic carbocycles. The van der Waals surface area contributed by atoms with Crippen molar-refractivity contribution < 1.29 is 9.25 Å². The Bertz CT molecular complexity index is 1290. The van der Waals surface area contributed by atoms with E-state index in [1.165, 1.54) is 49.8 Å². The van der Waals surface area contributed by atoms with Crippen LogP contribution in [0.25, 0.3) is 38.7 Å². The zero-order valence-electron chi connectivity index (χ0n) is 13.6. The lowest BCUT2D eigenvalue weighted by atomic mass is 10.0. The first-order valence-electron chi connectivity index (χ1n) is 8.81. The van der Waals surface area contributed by atoms with Crippen LogP contribution in [0.4, 0.5) is 0 Å². The number of hydrogen-bond acceptors (Lipinski definition) is 0. The molecule has 3 heteroatoms. The molecule has 116 valence electrons. The SMILES string of the molecule is c1ccc(-c2[n+]3c4c5c(cccc5c5cccc6c5n4[n+]2C6)C3)cc1. The van der Waals surface area contributed by atoms with E-state index in [-0.39, 0.29) is 0 Å². The van der Waals surface area contributed by atoms with Crippen LogP contribution in [0.1, 0.15) is 11.1 Å². The molecule has 5 aromatic rings. The molecule has 0 unspecified atom stereocenters. The number of aromatic nitrogens is 3. The highest BCUT2D eigenvalue weighted by molar-refractivity contribution is 6.13. The zero-order valence-corrected chi connectivity index (χ0v) is 13.6. The summed E-state index contributed by atoms with van der Waals surface area (Å²) < 4.78 is 7.42. The lowest BCUT2D eigenvalue weighted by molar-refractivity contribution is -0.788. The normalized spacial score (nSPS) is 14.1. The minimum atomic E-state index is 0.941. The average molecular weight is 321 g/mol. The summed E-state index contributed by atoms with van der Waals surface area (Å²) in [5.41, 5.74) is 6.86. The van der Waals surface area contributed by atoms with Crippen molar-refractivity contribution in [2.45, 2.75) is 13.1 Å². The van der Waals surface area contributed by atoms with Crippen LogP contribution >= 0.6 is 0 Å². The Labute approximate surface area is 144 Å². The molecule has 0 fully saturated rings. The van der Waals surface area contributed by atoms with E-state index in [0.717, 1.165) is 13.1 Å². The Hall–Kier alpha value is -3.20. The predicted molar refractivity (Wildman–Crippen MR) is 96.4 cm³/mol. The summed E-state index contributed by atoms with van der Waals surface area (Å²) in [4.78, 5) is 0. The van der Waals surface area contributed by atoms with Gasteiger partial charge >= 0.3 is 11.5 Å². The second-order valence-electron chi connectivity index (χ2n) is 7.12. The summed E-state index contributed by atoms with van der Waals surface area (Å²) >= 11 is 0. The highest BCUT2D eigenvalue weighted by Gasteiger charge is 2.45. The number of fused-ring (bicyclic) bond motifs is 1. The van der Waals surface area contributed by atoms with Crippen LogP contribution in [0.5, 0.6) is 0 Å². The maximum atomic E-state index is 2.50. The fraction of sp³-hybridized carbons (Fsp3) is 0.0909. The average Bonchev–Trinajstić information content (AvgIpc) is 3.29. The molecule has 0 saturated carbocycles. The highest BCUT2D eigenvalue weighted by Crippen LogP contribution is 2.37. The number of nitrogens with zero attached hydrogens (tertiary/aromatic N) is 3. The number of para-hydroxylation sites is 1. The van der Waals surface area contributed by atoms with Gasteiger partial charge in [-0.1, -0.05) is 42.5 Å². The first kappa shape index (κ1) is 12.2. The van der Waals surface area contributed by atoms with Crippen LogP contribution in [0.15, 0.2) is 66.7 Å². The van der Waals surface area contributed by atoms with Gasteiger partial charge in [-0.25, -0.2) is 0 Å². The Morgan fingerprint density at radius 2 is 1.52 bits per heavy atom. The van der Waals surface area contributed by atoms with Gasteiger partial charge in [0, 0.05) is 20.9 Å². The van der Waals surface area contributed by atoms with Crippen molar-refractivity contribution in [3.8, 4) is 11.4 Å². The van der Waals surface area contributed by atoms with Crippen LogP contribution in [0.3, 0.4) is 0 Å². The van der Waals surface area contributed by atoms with Crippen molar-refractivity contribution in [2.24, 2.45) is 0 Å². The molecule has 2 aliphatic heterocycles. The highest BCUT2D eigenvalue weighted by atomic mass is 15.5. The van der Waals surface area contributed by atoms with E-state index < -0.39 is 0 Å². The first-order valence-corrected chi connectivity index (χ1v) is 8.81. The van der Waals surface area contributed by atoms with Gasteiger partial charge in [0.15, 0.2) is 6.54 Å². The van der Waals surface area contributed by atoms with Crippen molar-refractivity contribution in [1.29, 1.82) is 0 Å². The Morgan fingerprint density at radius 3 is 2.40 bits per heavy atom. The number of pyridine rings is 1. The third-order valence-electron chi connectivity index (χ3n) is 5.87. The van der Waals surface area contributed by atoms with Gasteiger partial charge in [-0.2, -0.15) is 0 Å². The molecule has 0 amide bonds. The van der Waals surface area contributed by atoms with E-state index in [0.29, 0.717) is 0 Å². The predicted octanol–water partition coefficient (Wildman–Crippen LogP) is 3.21. The second-order valence-corrected chi connectivity index (χ2v) is 7.12. The van der Waals surface area contributed by atoms with E-state index in [1.54, 1.807) is 0 Å². The van der Waals surface area contributed by atoms with Crippen molar-refractivity contribution >= 4 is 27.3 Å². The van der Waals surface area contributed by atoms with E-state index in [1.807, 2.05) is 0 Å². The van der Waals surface area contributed by atoms with E-state index in [4.69, 9.17) is 0 Å². The van der Waals surface area contributed by atoms with Crippen LogP contribution in [-0.4, -0.2) is 4.52 Å². The molecule has 0 saturated heterocycles. The van der Waals surface area contributed by atoms with Crippen LogP contribution in [0.2, 0.25) is 0 Å². The molecule has 7 rings (SSSR count). The van der Waals surface area contributed by atoms with Crippen molar-refractivity contribution in [2.75, 3.05) is 0 Å². The second kappa shape index (κ2) is 3.89. The van der Waals surface area contributed by atoms with Crippen molar-refractivity contribution in [3.05, 3.63) is 77.9 Å². The molecule has 2 aromatic heterocycles. The smallest absolute Gasteiger partial charge is 0.141 e. The molecular weight excluding hydrogens is 306 g/mol. The minimum absolute atomic E-state index is 0.941. The lowest BCUT2D eigenvalue weighted by Crippen LogP contribution is -2.44. The topological polar surface area (TPSA) is 12.2 Å². The van der Waals surface area contributed by atoms with E-state index in [2.05, 4.69) is 80.5 Å². The molecule has 25 heavy (non-hydrogen) atoms. The fourth-order valence-electron chi connectivity index (χ4n) is 4.96. The molecule has 0 spiro atoms. The largest absolute Gasteiger partial charge is 0.398 e.